The van der Waals surface area contributed by atoms with Gasteiger partial charge in [-0.1, -0.05) is 73.2 Å². The molecule has 1 aromatic heterocycles. The third-order valence-corrected chi connectivity index (χ3v) is 7.77. The molecular weight excluding hydrogens is 430 g/mol. The number of hydrogen-bond donors (Lipinski definition) is 0. The lowest BCUT2D eigenvalue weighted by Gasteiger charge is -2.20. The van der Waals surface area contributed by atoms with Crippen LogP contribution < -0.4 is 0 Å². The highest BCUT2D eigenvalue weighted by molar-refractivity contribution is 7.99. The first-order valence-electron chi connectivity index (χ1n) is 10.4. The summed E-state index contributed by atoms with van der Waals surface area (Å²) in [7, 11) is -3.52. The van der Waals surface area contributed by atoms with Crippen molar-refractivity contribution in [3.8, 4) is 11.5 Å². The van der Waals surface area contributed by atoms with Crippen molar-refractivity contribution in [3.05, 3.63) is 66.2 Å². The Labute approximate surface area is 187 Å². The molecule has 0 unspecified atom stereocenters. The number of thioether (sulfide) groups is 1. The van der Waals surface area contributed by atoms with Gasteiger partial charge < -0.3 is 4.42 Å². The van der Waals surface area contributed by atoms with Crippen LogP contribution in [-0.4, -0.2) is 41.8 Å². The molecule has 0 N–H and O–H groups in total. The van der Waals surface area contributed by atoms with Crippen LogP contribution in [0, 0.1) is 0 Å². The second kappa shape index (κ2) is 10.3. The summed E-state index contributed by atoms with van der Waals surface area (Å²) >= 11 is 1.44. The normalized spacial score (nSPS) is 15.9. The van der Waals surface area contributed by atoms with Crippen molar-refractivity contribution < 1.29 is 12.8 Å². The number of nitrogens with zero attached hydrogens (tertiary/aromatic N) is 3. The quantitative estimate of drug-likeness (QED) is 0.461. The Hall–Kier alpha value is -2.42. The minimum atomic E-state index is -3.52. The summed E-state index contributed by atoms with van der Waals surface area (Å²) in [6.07, 6.45) is 8.05. The lowest BCUT2D eigenvalue weighted by molar-refractivity contribution is 0.423. The molecule has 0 atom stereocenters. The molecule has 4 rings (SSSR count). The maximum absolute atomic E-state index is 13.1. The lowest BCUT2D eigenvalue weighted by Crippen LogP contribution is -2.31. The monoisotopic (exact) mass is 455 g/mol. The number of rotatable bonds is 7. The van der Waals surface area contributed by atoms with Crippen molar-refractivity contribution in [3.63, 3.8) is 0 Å². The molecule has 1 fully saturated rings. The lowest BCUT2D eigenvalue weighted by atomic mass is 10.2. The van der Waals surface area contributed by atoms with Gasteiger partial charge in [0.15, 0.2) is 0 Å². The highest BCUT2D eigenvalue weighted by Gasteiger charge is 2.25. The van der Waals surface area contributed by atoms with Gasteiger partial charge >= 0.3 is 0 Å². The van der Waals surface area contributed by atoms with E-state index in [1.165, 1.54) is 11.8 Å². The van der Waals surface area contributed by atoms with Gasteiger partial charge in [-0.05, 0) is 36.6 Å². The van der Waals surface area contributed by atoms with Crippen LogP contribution in [0.4, 0.5) is 0 Å². The first kappa shape index (κ1) is 21.8. The van der Waals surface area contributed by atoms with Gasteiger partial charge in [-0.25, -0.2) is 8.42 Å². The molecule has 0 radical (unpaired) electrons. The third-order valence-electron chi connectivity index (χ3n) is 5.10. The molecule has 0 amide bonds. The molecule has 2 heterocycles. The number of hydrogen-bond acceptors (Lipinski definition) is 6. The van der Waals surface area contributed by atoms with Gasteiger partial charge in [0.2, 0.25) is 15.9 Å². The van der Waals surface area contributed by atoms with Crippen LogP contribution in [0.3, 0.4) is 0 Å². The Kier molecular flexibility index (Phi) is 7.21. The highest BCUT2D eigenvalue weighted by atomic mass is 32.2. The Morgan fingerprint density at radius 3 is 2.52 bits per heavy atom. The molecular formula is C23H25N3O3S2. The average Bonchev–Trinajstić information content (AvgIpc) is 3.09. The van der Waals surface area contributed by atoms with Crippen molar-refractivity contribution in [1.82, 2.24) is 14.5 Å². The van der Waals surface area contributed by atoms with E-state index in [9.17, 15) is 8.42 Å². The van der Waals surface area contributed by atoms with E-state index >= 15 is 0 Å². The van der Waals surface area contributed by atoms with Gasteiger partial charge in [0, 0.05) is 24.4 Å². The van der Waals surface area contributed by atoms with Gasteiger partial charge in [0.25, 0.3) is 5.22 Å². The molecule has 1 aliphatic rings. The minimum Gasteiger partial charge on any atom is -0.411 e. The second-order valence-electron chi connectivity index (χ2n) is 7.34. The zero-order valence-electron chi connectivity index (χ0n) is 17.2. The Morgan fingerprint density at radius 1 is 0.968 bits per heavy atom. The van der Waals surface area contributed by atoms with Crippen molar-refractivity contribution in [1.29, 1.82) is 0 Å². The van der Waals surface area contributed by atoms with E-state index in [0.717, 1.165) is 31.2 Å². The second-order valence-corrected chi connectivity index (χ2v) is 10.3. The topological polar surface area (TPSA) is 76.3 Å². The summed E-state index contributed by atoms with van der Waals surface area (Å²) in [6.45, 7) is 1.15. The van der Waals surface area contributed by atoms with E-state index in [-0.39, 0.29) is 4.90 Å². The first-order chi connectivity index (χ1) is 15.1. The molecule has 1 saturated heterocycles. The van der Waals surface area contributed by atoms with E-state index in [4.69, 9.17) is 4.42 Å². The molecule has 0 saturated carbocycles. The zero-order chi connectivity index (χ0) is 21.5. The van der Waals surface area contributed by atoms with Gasteiger partial charge in [0.1, 0.15) is 0 Å². The molecule has 0 spiro atoms. The van der Waals surface area contributed by atoms with Crippen LogP contribution in [0.2, 0.25) is 0 Å². The highest BCUT2D eigenvalue weighted by Crippen LogP contribution is 2.27. The molecule has 1 aliphatic heterocycles. The van der Waals surface area contributed by atoms with Crippen molar-refractivity contribution in [2.75, 3.05) is 18.8 Å². The van der Waals surface area contributed by atoms with E-state index in [1.54, 1.807) is 28.6 Å². The fraction of sp³-hybridized carbons (Fsp3) is 0.304. The molecule has 0 aliphatic carbocycles. The SMILES string of the molecule is O=S(=O)(c1cccc(-c2nnc(SC/C=C/c3ccccc3)o2)c1)N1CCCCCC1. The number of sulfonamides is 1. The Balaban J connectivity index is 1.43. The van der Waals surface area contributed by atoms with Gasteiger partial charge in [-0.3, -0.25) is 0 Å². The van der Waals surface area contributed by atoms with E-state index in [0.29, 0.717) is 35.5 Å². The summed E-state index contributed by atoms with van der Waals surface area (Å²) in [4.78, 5) is 0.269. The third kappa shape index (κ3) is 5.64. The molecule has 31 heavy (non-hydrogen) atoms. The van der Waals surface area contributed by atoms with Gasteiger partial charge in [0.05, 0.1) is 4.90 Å². The number of benzene rings is 2. The summed E-state index contributed by atoms with van der Waals surface area (Å²) in [5, 5.41) is 8.64. The standard InChI is InChI=1S/C23H25N3O3S2/c27-31(28,26-15-6-1-2-7-16-26)21-14-8-13-20(18-21)22-24-25-23(29-22)30-17-9-12-19-10-4-3-5-11-19/h3-5,8-14,18H,1-2,6-7,15-17H2/b12-9+. The molecule has 8 heteroatoms. The Bertz CT molecular complexity index is 1120. The predicted octanol–water partition coefficient (Wildman–Crippen LogP) is 5.11. The summed E-state index contributed by atoms with van der Waals surface area (Å²) in [5.41, 5.74) is 1.74. The fourth-order valence-electron chi connectivity index (χ4n) is 3.47. The van der Waals surface area contributed by atoms with Crippen LogP contribution >= 0.6 is 11.8 Å². The van der Waals surface area contributed by atoms with Gasteiger partial charge in [-0.2, -0.15) is 4.31 Å². The van der Waals surface area contributed by atoms with E-state index in [2.05, 4.69) is 10.2 Å². The smallest absolute Gasteiger partial charge is 0.277 e. The maximum atomic E-state index is 13.1. The zero-order valence-corrected chi connectivity index (χ0v) is 18.8. The number of aromatic nitrogens is 2. The van der Waals surface area contributed by atoms with Crippen LogP contribution in [-0.2, 0) is 10.0 Å². The minimum absolute atomic E-state index is 0.269. The van der Waals surface area contributed by atoms with Crippen LogP contribution in [0.1, 0.15) is 31.2 Å². The summed E-state index contributed by atoms with van der Waals surface area (Å²) in [5.74, 6) is 1.02. The van der Waals surface area contributed by atoms with Crippen molar-refractivity contribution in [2.24, 2.45) is 0 Å². The van der Waals surface area contributed by atoms with Gasteiger partial charge in [-0.15, -0.1) is 10.2 Å². The molecule has 2 aromatic carbocycles. The van der Waals surface area contributed by atoms with Crippen LogP contribution in [0.25, 0.3) is 17.5 Å². The largest absolute Gasteiger partial charge is 0.411 e. The average molecular weight is 456 g/mol. The van der Waals surface area contributed by atoms with Crippen molar-refractivity contribution >= 4 is 27.9 Å². The maximum Gasteiger partial charge on any atom is 0.277 e. The molecule has 3 aromatic rings. The molecule has 162 valence electrons. The Morgan fingerprint density at radius 2 is 1.74 bits per heavy atom. The van der Waals surface area contributed by atoms with E-state index < -0.39 is 10.0 Å². The predicted molar refractivity (Wildman–Crippen MR) is 123 cm³/mol. The first-order valence-corrected chi connectivity index (χ1v) is 12.8. The van der Waals surface area contributed by atoms with Crippen molar-refractivity contribution in [2.45, 2.75) is 35.8 Å². The van der Waals surface area contributed by atoms with E-state index in [1.807, 2.05) is 42.5 Å². The van der Waals surface area contributed by atoms with Crippen LogP contribution in [0.5, 0.6) is 0 Å². The molecule has 0 bridgehead atoms. The summed E-state index contributed by atoms with van der Waals surface area (Å²) < 4.78 is 33.5. The van der Waals surface area contributed by atoms with Crippen LogP contribution in [0.15, 0.2) is 75.2 Å². The fourth-order valence-corrected chi connectivity index (χ4v) is 5.61. The summed E-state index contributed by atoms with van der Waals surface area (Å²) in [6, 6.07) is 16.8. The molecule has 6 nitrogen and oxygen atoms in total.